The van der Waals surface area contributed by atoms with E-state index in [2.05, 4.69) is 11.4 Å². The van der Waals surface area contributed by atoms with Gasteiger partial charge >= 0.3 is 0 Å². The lowest BCUT2D eigenvalue weighted by Crippen LogP contribution is -2.26. The van der Waals surface area contributed by atoms with Gasteiger partial charge in [-0.15, -0.1) is 0 Å². The number of piperidine rings is 1. The Balaban J connectivity index is 1.93. The van der Waals surface area contributed by atoms with Gasteiger partial charge in [0, 0.05) is 11.6 Å². The molecule has 2 aliphatic heterocycles. The molecule has 1 atom stereocenters. The van der Waals surface area contributed by atoms with Crippen molar-refractivity contribution in [3.05, 3.63) is 23.8 Å². The molecule has 0 aromatic heterocycles. The molecular weight excluding hydrogens is 190 g/mol. The summed E-state index contributed by atoms with van der Waals surface area (Å²) in [6, 6.07) is 6.58. The molecule has 0 spiro atoms. The van der Waals surface area contributed by atoms with Crippen LogP contribution in [0.4, 0.5) is 0 Å². The number of benzene rings is 1. The van der Waals surface area contributed by atoms with Crippen LogP contribution in [-0.4, -0.2) is 13.3 Å². The molecule has 15 heavy (non-hydrogen) atoms. The van der Waals surface area contributed by atoms with E-state index < -0.39 is 0 Å². The minimum absolute atomic E-state index is 0.360. The van der Waals surface area contributed by atoms with Gasteiger partial charge in [0.25, 0.3) is 0 Å². The van der Waals surface area contributed by atoms with Crippen LogP contribution in [0.1, 0.15) is 30.9 Å². The molecule has 1 N–H and O–H groups in total. The molecule has 0 unspecified atom stereocenters. The first-order valence-electron chi connectivity index (χ1n) is 5.57. The number of hydrogen-bond acceptors (Lipinski definition) is 3. The SMILES string of the molecule is c1cc2c(c([C@@H]3CCCCN3)c1)OCO2. The molecule has 0 saturated carbocycles. The second-order valence-electron chi connectivity index (χ2n) is 4.08. The highest BCUT2D eigenvalue weighted by molar-refractivity contribution is 5.49. The highest BCUT2D eigenvalue weighted by Gasteiger charge is 2.23. The number of nitrogens with one attached hydrogen (secondary N) is 1. The lowest BCUT2D eigenvalue weighted by Gasteiger charge is -2.24. The molecule has 3 nitrogen and oxygen atoms in total. The lowest BCUT2D eigenvalue weighted by atomic mass is 9.96. The molecule has 1 fully saturated rings. The van der Waals surface area contributed by atoms with Crippen molar-refractivity contribution in [1.29, 1.82) is 0 Å². The van der Waals surface area contributed by atoms with Gasteiger partial charge in [-0.25, -0.2) is 0 Å². The van der Waals surface area contributed by atoms with Gasteiger partial charge in [-0.2, -0.15) is 0 Å². The number of hydrogen-bond donors (Lipinski definition) is 1. The van der Waals surface area contributed by atoms with Crippen LogP contribution in [-0.2, 0) is 0 Å². The molecule has 0 bridgehead atoms. The van der Waals surface area contributed by atoms with E-state index in [4.69, 9.17) is 9.47 Å². The Labute approximate surface area is 89.4 Å². The third-order valence-electron chi connectivity index (χ3n) is 3.11. The van der Waals surface area contributed by atoms with Crippen LogP contribution < -0.4 is 14.8 Å². The van der Waals surface area contributed by atoms with Crippen molar-refractivity contribution in [3.63, 3.8) is 0 Å². The second-order valence-corrected chi connectivity index (χ2v) is 4.08. The van der Waals surface area contributed by atoms with Gasteiger partial charge in [-0.05, 0) is 25.5 Å². The fourth-order valence-corrected chi connectivity index (χ4v) is 2.34. The van der Waals surface area contributed by atoms with E-state index >= 15 is 0 Å². The van der Waals surface area contributed by atoms with Crippen molar-refractivity contribution < 1.29 is 9.47 Å². The summed E-state index contributed by atoms with van der Waals surface area (Å²) in [5.41, 5.74) is 1.25. The Morgan fingerprint density at radius 2 is 2.20 bits per heavy atom. The van der Waals surface area contributed by atoms with Crippen LogP contribution in [0.2, 0.25) is 0 Å². The smallest absolute Gasteiger partial charge is 0.231 e. The van der Waals surface area contributed by atoms with Crippen molar-refractivity contribution >= 4 is 0 Å². The summed E-state index contributed by atoms with van der Waals surface area (Å²) in [5, 5.41) is 3.53. The molecule has 80 valence electrons. The maximum absolute atomic E-state index is 5.52. The average molecular weight is 205 g/mol. The molecule has 3 rings (SSSR count). The zero-order valence-corrected chi connectivity index (χ0v) is 8.66. The van der Waals surface area contributed by atoms with Gasteiger partial charge in [-0.1, -0.05) is 18.6 Å². The summed E-state index contributed by atoms with van der Waals surface area (Å²) < 4.78 is 10.9. The van der Waals surface area contributed by atoms with E-state index in [-0.39, 0.29) is 0 Å². The van der Waals surface area contributed by atoms with Gasteiger partial charge in [0.1, 0.15) is 0 Å². The van der Waals surface area contributed by atoms with Crippen molar-refractivity contribution in [1.82, 2.24) is 5.32 Å². The van der Waals surface area contributed by atoms with Crippen LogP contribution in [0.15, 0.2) is 18.2 Å². The highest BCUT2D eigenvalue weighted by Crippen LogP contribution is 2.40. The van der Waals surface area contributed by atoms with Gasteiger partial charge in [0.05, 0.1) is 0 Å². The van der Waals surface area contributed by atoms with Crippen LogP contribution in [0.3, 0.4) is 0 Å². The summed E-state index contributed by atoms with van der Waals surface area (Å²) in [5.74, 6) is 1.83. The maximum Gasteiger partial charge on any atom is 0.231 e. The zero-order valence-electron chi connectivity index (χ0n) is 8.66. The summed E-state index contributed by atoms with van der Waals surface area (Å²) >= 11 is 0. The summed E-state index contributed by atoms with van der Waals surface area (Å²) in [4.78, 5) is 0. The third-order valence-corrected chi connectivity index (χ3v) is 3.11. The zero-order chi connectivity index (χ0) is 10.1. The topological polar surface area (TPSA) is 30.5 Å². The van der Waals surface area contributed by atoms with Crippen molar-refractivity contribution in [2.75, 3.05) is 13.3 Å². The van der Waals surface area contributed by atoms with E-state index in [9.17, 15) is 0 Å². The molecule has 2 heterocycles. The van der Waals surface area contributed by atoms with Crippen LogP contribution in [0.25, 0.3) is 0 Å². The molecule has 1 aromatic carbocycles. The van der Waals surface area contributed by atoms with Gasteiger partial charge in [0.15, 0.2) is 11.5 Å². The normalized spacial score (nSPS) is 24.1. The highest BCUT2D eigenvalue weighted by atomic mass is 16.7. The third kappa shape index (κ3) is 1.57. The Kier molecular flexibility index (Phi) is 2.25. The van der Waals surface area contributed by atoms with E-state index in [1.165, 1.54) is 24.8 Å². The van der Waals surface area contributed by atoms with Gasteiger partial charge in [-0.3, -0.25) is 0 Å². The number of rotatable bonds is 1. The first-order valence-corrected chi connectivity index (χ1v) is 5.57. The Morgan fingerprint density at radius 3 is 3.07 bits per heavy atom. The lowest BCUT2D eigenvalue weighted by molar-refractivity contribution is 0.172. The van der Waals surface area contributed by atoms with E-state index in [1.807, 2.05) is 12.1 Å². The molecule has 0 aliphatic carbocycles. The molecule has 1 aromatic rings. The molecule has 0 amide bonds. The molecule has 1 saturated heterocycles. The van der Waals surface area contributed by atoms with Crippen LogP contribution in [0, 0.1) is 0 Å². The summed E-state index contributed by atoms with van der Waals surface area (Å²) in [6.07, 6.45) is 3.77. The second kappa shape index (κ2) is 3.74. The van der Waals surface area contributed by atoms with Crippen molar-refractivity contribution in [2.24, 2.45) is 0 Å². The number of fused-ring (bicyclic) bond motifs is 1. The number of para-hydroxylation sites is 1. The van der Waals surface area contributed by atoms with E-state index in [0.29, 0.717) is 12.8 Å². The molecular formula is C12H15NO2. The minimum Gasteiger partial charge on any atom is -0.454 e. The standard InChI is InChI=1S/C12H15NO2/c1-2-7-13-10(5-1)9-4-3-6-11-12(9)15-8-14-11/h3-4,6,10,13H,1-2,5,7-8H2/t10-/m0/s1. The largest absolute Gasteiger partial charge is 0.454 e. The predicted molar refractivity (Wildman–Crippen MR) is 57.2 cm³/mol. The monoisotopic (exact) mass is 205 g/mol. The van der Waals surface area contributed by atoms with E-state index in [0.717, 1.165) is 18.0 Å². The predicted octanol–water partition coefficient (Wildman–Crippen LogP) is 2.23. The van der Waals surface area contributed by atoms with Gasteiger partial charge in [0.2, 0.25) is 6.79 Å². The Bertz CT molecular complexity index is 359. The van der Waals surface area contributed by atoms with Crippen molar-refractivity contribution in [2.45, 2.75) is 25.3 Å². The van der Waals surface area contributed by atoms with Crippen molar-refractivity contribution in [3.8, 4) is 11.5 Å². The first-order chi connectivity index (χ1) is 7.45. The summed E-state index contributed by atoms with van der Waals surface area (Å²) in [6.45, 7) is 1.47. The van der Waals surface area contributed by atoms with E-state index in [1.54, 1.807) is 0 Å². The Morgan fingerprint density at radius 1 is 1.20 bits per heavy atom. The molecule has 0 radical (unpaired) electrons. The van der Waals surface area contributed by atoms with Gasteiger partial charge < -0.3 is 14.8 Å². The minimum atomic E-state index is 0.360. The Hall–Kier alpha value is -1.22. The molecule has 2 aliphatic rings. The fraction of sp³-hybridized carbons (Fsp3) is 0.500. The number of ether oxygens (including phenoxy) is 2. The summed E-state index contributed by atoms with van der Waals surface area (Å²) in [7, 11) is 0. The first kappa shape index (κ1) is 9.04. The van der Waals surface area contributed by atoms with Crippen LogP contribution >= 0.6 is 0 Å². The quantitative estimate of drug-likeness (QED) is 0.762. The maximum atomic E-state index is 5.52. The molecule has 3 heteroatoms. The van der Waals surface area contributed by atoms with Crippen LogP contribution in [0.5, 0.6) is 11.5 Å². The fourth-order valence-electron chi connectivity index (χ4n) is 2.34. The average Bonchev–Trinajstić information content (AvgIpc) is 2.78.